The van der Waals surface area contributed by atoms with E-state index in [0.29, 0.717) is 35.0 Å². The first-order chi connectivity index (χ1) is 12.5. The van der Waals surface area contributed by atoms with Crippen molar-refractivity contribution in [2.75, 3.05) is 10.6 Å². The number of hydrogen-bond acceptors (Lipinski definition) is 5. The second kappa shape index (κ2) is 8.21. The van der Waals surface area contributed by atoms with Gasteiger partial charge in [0.25, 0.3) is 0 Å². The Morgan fingerprint density at radius 3 is 1.92 bits per heavy atom. The third kappa shape index (κ3) is 4.74. The number of rotatable bonds is 6. The highest BCUT2D eigenvalue weighted by Gasteiger charge is 2.13. The van der Waals surface area contributed by atoms with Crippen LogP contribution in [0.2, 0.25) is 10.0 Å². The Balaban J connectivity index is 1.68. The van der Waals surface area contributed by atoms with Crippen molar-refractivity contribution in [3.8, 4) is 0 Å². The van der Waals surface area contributed by atoms with Crippen molar-refractivity contribution in [2.24, 2.45) is 0 Å². The topological polar surface area (TPSA) is 71.8 Å². The molecule has 0 saturated carbocycles. The number of carbonyl (C=O) groups is 1. The molecule has 8 heteroatoms. The van der Waals surface area contributed by atoms with E-state index in [1.807, 2.05) is 48.5 Å². The van der Waals surface area contributed by atoms with Crippen LogP contribution >= 0.6 is 23.2 Å². The fraction of sp³-hybridized carbons (Fsp3) is 0.167. The first kappa shape index (κ1) is 18.2. The second-order valence-corrected chi connectivity index (χ2v) is 6.52. The molecule has 0 spiro atoms. The van der Waals surface area contributed by atoms with Crippen molar-refractivity contribution in [1.29, 1.82) is 0 Å². The Kier molecular flexibility index (Phi) is 5.75. The number of aromatic nitrogens is 3. The molecule has 3 rings (SSSR count). The molecule has 3 aromatic rings. The molecule has 2 aromatic carbocycles. The minimum atomic E-state index is -0.226. The van der Waals surface area contributed by atoms with Crippen LogP contribution in [-0.2, 0) is 13.1 Å². The summed E-state index contributed by atoms with van der Waals surface area (Å²) in [5.41, 5.74) is 2.05. The number of hydrogen-bond donors (Lipinski definition) is 2. The summed E-state index contributed by atoms with van der Waals surface area (Å²) >= 11 is 11.8. The summed E-state index contributed by atoms with van der Waals surface area (Å²) in [6, 6.07) is 14.9. The van der Waals surface area contributed by atoms with Gasteiger partial charge in [0, 0.05) is 30.1 Å². The number of halogens is 2. The van der Waals surface area contributed by atoms with E-state index >= 15 is 0 Å². The lowest BCUT2D eigenvalue weighted by Gasteiger charge is -2.05. The van der Waals surface area contributed by atoms with Crippen molar-refractivity contribution >= 4 is 41.0 Å². The van der Waals surface area contributed by atoms with Gasteiger partial charge in [-0.2, -0.15) is 9.67 Å². The fourth-order valence-corrected chi connectivity index (χ4v) is 2.54. The van der Waals surface area contributed by atoms with Gasteiger partial charge in [0.2, 0.25) is 17.8 Å². The normalized spacial score (nSPS) is 10.6. The lowest BCUT2D eigenvalue weighted by molar-refractivity contribution is 0.0924. The van der Waals surface area contributed by atoms with E-state index in [0.717, 1.165) is 11.1 Å². The molecule has 0 atom stereocenters. The quantitative estimate of drug-likeness (QED) is 0.650. The lowest BCUT2D eigenvalue weighted by Crippen LogP contribution is -2.13. The van der Waals surface area contributed by atoms with Gasteiger partial charge in [-0.25, -0.2) is 0 Å². The third-order valence-corrected chi connectivity index (χ3v) is 4.14. The van der Waals surface area contributed by atoms with E-state index in [4.69, 9.17) is 23.2 Å². The summed E-state index contributed by atoms with van der Waals surface area (Å²) in [7, 11) is 0. The van der Waals surface area contributed by atoms with Crippen LogP contribution in [0.5, 0.6) is 0 Å². The lowest BCUT2D eigenvalue weighted by atomic mass is 10.2. The van der Waals surface area contributed by atoms with Crippen LogP contribution in [0.1, 0.15) is 22.8 Å². The molecule has 2 N–H and O–H groups in total. The molecule has 0 saturated heterocycles. The molecule has 134 valence electrons. The number of carbonyl (C=O) groups excluding carboxylic acids is 1. The van der Waals surface area contributed by atoms with Crippen LogP contribution in [0.15, 0.2) is 48.5 Å². The number of anilines is 2. The van der Waals surface area contributed by atoms with Gasteiger partial charge in [-0.05, 0) is 35.4 Å². The molecule has 0 radical (unpaired) electrons. The Morgan fingerprint density at radius 1 is 0.923 bits per heavy atom. The molecule has 1 heterocycles. The minimum absolute atomic E-state index is 0.226. The summed E-state index contributed by atoms with van der Waals surface area (Å²) in [5, 5.41) is 11.8. The molecule has 26 heavy (non-hydrogen) atoms. The van der Waals surface area contributed by atoms with Gasteiger partial charge >= 0.3 is 0 Å². The Bertz CT molecular complexity index is 891. The van der Waals surface area contributed by atoms with Crippen LogP contribution in [0.3, 0.4) is 0 Å². The fourth-order valence-electron chi connectivity index (χ4n) is 2.29. The van der Waals surface area contributed by atoms with Crippen LogP contribution in [0.4, 0.5) is 11.9 Å². The second-order valence-electron chi connectivity index (χ2n) is 5.65. The van der Waals surface area contributed by atoms with E-state index in [1.54, 1.807) is 0 Å². The van der Waals surface area contributed by atoms with Crippen LogP contribution in [0.25, 0.3) is 0 Å². The summed E-state index contributed by atoms with van der Waals surface area (Å²) in [5.74, 6) is 0.524. The van der Waals surface area contributed by atoms with Crippen LogP contribution in [0, 0.1) is 0 Å². The maximum atomic E-state index is 11.8. The highest BCUT2D eigenvalue weighted by Crippen LogP contribution is 2.15. The Morgan fingerprint density at radius 2 is 1.42 bits per heavy atom. The van der Waals surface area contributed by atoms with Gasteiger partial charge in [0.15, 0.2) is 0 Å². The Hall–Kier alpha value is -2.57. The van der Waals surface area contributed by atoms with Gasteiger partial charge in [-0.3, -0.25) is 4.79 Å². The van der Waals surface area contributed by atoms with E-state index in [2.05, 4.69) is 20.7 Å². The Labute approximate surface area is 161 Å². The van der Waals surface area contributed by atoms with Gasteiger partial charge in [-0.15, -0.1) is 5.10 Å². The summed E-state index contributed by atoms with van der Waals surface area (Å²) in [6.45, 7) is 2.46. The number of nitrogens with zero attached hydrogens (tertiary/aromatic N) is 3. The van der Waals surface area contributed by atoms with Gasteiger partial charge < -0.3 is 10.6 Å². The smallest absolute Gasteiger partial charge is 0.247 e. The highest BCUT2D eigenvalue weighted by atomic mass is 35.5. The maximum Gasteiger partial charge on any atom is 0.247 e. The first-order valence-corrected chi connectivity index (χ1v) is 8.71. The van der Waals surface area contributed by atoms with E-state index in [1.165, 1.54) is 11.6 Å². The zero-order valence-electron chi connectivity index (χ0n) is 14.0. The van der Waals surface area contributed by atoms with Gasteiger partial charge in [0.1, 0.15) is 0 Å². The van der Waals surface area contributed by atoms with Gasteiger partial charge in [-0.1, -0.05) is 47.5 Å². The third-order valence-electron chi connectivity index (χ3n) is 3.63. The van der Waals surface area contributed by atoms with Crippen molar-refractivity contribution in [3.05, 3.63) is 69.7 Å². The molecule has 6 nitrogen and oxygen atoms in total. The molecule has 0 unspecified atom stereocenters. The predicted octanol–water partition coefficient (Wildman–Crippen LogP) is 4.47. The monoisotopic (exact) mass is 389 g/mol. The average Bonchev–Trinajstić information content (AvgIpc) is 3.04. The van der Waals surface area contributed by atoms with E-state index in [-0.39, 0.29) is 5.91 Å². The van der Waals surface area contributed by atoms with Crippen molar-refractivity contribution in [1.82, 2.24) is 14.8 Å². The zero-order valence-corrected chi connectivity index (χ0v) is 15.6. The summed E-state index contributed by atoms with van der Waals surface area (Å²) in [6.07, 6.45) is 0. The van der Waals surface area contributed by atoms with E-state index < -0.39 is 0 Å². The molecular formula is C18H17Cl2N5O. The average molecular weight is 390 g/mol. The van der Waals surface area contributed by atoms with Crippen molar-refractivity contribution < 1.29 is 4.79 Å². The summed E-state index contributed by atoms with van der Waals surface area (Å²) < 4.78 is 1.24. The SMILES string of the molecule is CC(=O)n1nc(NCc2ccc(Cl)cc2)nc1NCc1ccc(Cl)cc1. The highest BCUT2D eigenvalue weighted by molar-refractivity contribution is 6.30. The van der Waals surface area contributed by atoms with Crippen LogP contribution < -0.4 is 10.6 Å². The largest absolute Gasteiger partial charge is 0.350 e. The molecule has 0 bridgehead atoms. The van der Waals surface area contributed by atoms with Crippen molar-refractivity contribution in [2.45, 2.75) is 20.0 Å². The molecule has 0 amide bonds. The number of nitrogens with one attached hydrogen (secondary N) is 2. The first-order valence-electron chi connectivity index (χ1n) is 7.96. The maximum absolute atomic E-state index is 11.8. The predicted molar refractivity (Wildman–Crippen MR) is 104 cm³/mol. The molecule has 0 fully saturated rings. The standard InChI is InChI=1S/C18H17Cl2N5O/c1-12(26)25-18(22-11-14-4-8-16(20)9-5-14)23-17(24-25)21-10-13-2-6-15(19)7-3-13/h2-9H,10-11H2,1H3,(H2,21,22,23,24). The molecule has 1 aromatic heterocycles. The van der Waals surface area contributed by atoms with Crippen molar-refractivity contribution in [3.63, 3.8) is 0 Å². The van der Waals surface area contributed by atoms with Crippen LogP contribution in [-0.4, -0.2) is 20.7 Å². The number of benzene rings is 2. The zero-order chi connectivity index (χ0) is 18.5. The molecule has 0 aliphatic rings. The summed E-state index contributed by atoms with van der Waals surface area (Å²) in [4.78, 5) is 16.2. The molecular weight excluding hydrogens is 373 g/mol. The minimum Gasteiger partial charge on any atom is -0.350 e. The van der Waals surface area contributed by atoms with Gasteiger partial charge in [0.05, 0.1) is 0 Å². The molecule has 0 aliphatic heterocycles. The van der Waals surface area contributed by atoms with E-state index in [9.17, 15) is 4.79 Å². The molecule has 0 aliphatic carbocycles.